The van der Waals surface area contributed by atoms with E-state index in [1.54, 1.807) is 18.2 Å². The fraction of sp³-hybridized carbons (Fsp3) is 0. The first kappa shape index (κ1) is 14.8. The maximum atomic E-state index is 8.57. The van der Waals surface area contributed by atoms with Crippen molar-refractivity contribution in [2.45, 2.75) is 0 Å². The summed E-state index contributed by atoms with van der Waals surface area (Å²) in [5, 5.41) is 4.46. The minimum atomic E-state index is 0.398. The molecule has 2 rings (SSSR count). The van der Waals surface area contributed by atoms with Crippen molar-refractivity contribution in [2.24, 2.45) is 10.1 Å². The molecule has 1 heterocycles. The fourth-order valence-electron chi connectivity index (χ4n) is 1.43. The van der Waals surface area contributed by atoms with Crippen LogP contribution in [0, 0.1) is 0 Å². The van der Waals surface area contributed by atoms with Crippen molar-refractivity contribution in [3.8, 4) is 0 Å². The monoisotopic (exact) mass is 369 g/mol. The summed E-state index contributed by atoms with van der Waals surface area (Å²) in [5.74, 6) is 0. The quantitative estimate of drug-likeness (QED) is 0.289. The summed E-state index contributed by atoms with van der Waals surface area (Å²) >= 11 is 15.3. The molecule has 0 aliphatic heterocycles. The van der Waals surface area contributed by atoms with Crippen LogP contribution in [0.25, 0.3) is 10.4 Å². The van der Waals surface area contributed by atoms with Crippen molar-refractivity contribution in [1.29, 1.82) is 0 Å². The van der Waals surface area contributed by atoms with Gasteiger partial charge in [0.15, 0.2) is 0 Å². The van der Waals surface area contributed by atoms with Crippen LogP contribution >= 0.6 is 39.1 Å². The van der Waals surface area contributed by atoms with Gasteiger partial charge in [-0.1, -0.05) is 34.4 Å². The predicted molar refractivity (Wildman–Crippen MR) is 84.5 cm³/mol. The molecule has 8 heteroatoms. The van der Waals surface area contributed by atoms with Gasteiger partial charge in [-0.25, -0.2) is 0 Å². The number of rotatable bonds is 3. The van der Waals surface area contributed by atoms with Crippen molar-refractivity contribution in [1.82, 2.24) is 4.98 Å². The molecule has 0 fully saturated rings. The van der Waals surface area contributed by atoms with Gasteiger partial charge in [-0.2, -0.15) is 0 Å². The summed E-state index contributed by atoms with van der Waals surface area (Å²) in [6, 6.07) is 5.11. The van der Waals surface area contributed by atoms with Gasteiger partial charge >= 0.3 is 0 Å². The van der Waals surface area contributed by atoms with Crippen molar-refractivity contribution in [3.05, 3.63) is 61.1 Å². The summed E-state index contributed by atoms with van der Waals surface area (Å²) in [4.78, 5) is 11.0. The molecule has 0 spiro atoms. The lowest BCUT2D eigenvalue weighted by Gasteiger charge is -2.03. The molecular formula is C12H6BrCl2N5. The Hall–Kier alpha value is -1.59. The zero-order valence-corrected chi connectivity index (χ0v) is 12.9. The SMILES string of the molecule is [N-]=[N+]=Nc1c(Br)cncc1/C=N/c1c(Cl)cccc1Cl. The van der Waals surface area contributed by atoms with E-state index in [1.165, 1.54) is 18.6 Å². The van der Waals surface area contributed by atoms with E-state index in [9.17, 15) is 0 Å². The number of aromatic nitrogens is 1. The molecule has 0 radical (unpaired) electrons. The fourth-order valence-corrected chi connectivity index (χ4v) is 2.36. The molecular weight excluding hydrogens is 365 g/mol. The van der Waals surface area contributed by atoms with Crippen LogP contribution < -0.4 is 0 Å². The Labute approximate surface area is 133 Å². The maximum Gasteiger partial charge on any atom is 0.100 e. The molecule has 1 aromatic carbocycles. The maximum absolute atomic E-state index is 8.57. The lowest BCUT2D eigenvalue weighted by molar-refractivity contribution is 1.27. The first-order valence-corrected chi connectivity index (χ1v) is 6.85. The van der Waals surface area contributed by atoms with Gasteiger partial charge < -0.3 is 0 Å². The minimum absolute atomic E-state index is 0.398. The molecule has 0 saturated heterocycles. The molecule has 100 valence electrons. The van der Waals surface area contributed by atoms with Crippen LogP contribution in [0.3, 0.4) is 0 Å². The van der Waals surface area contributed by atoms with E-state index in [2.05, 4.69) is 35.9 Å². The van der Waals surface area contributed by atoms with Gasteiger partial charge in [0.25, 0.3) is 0 Å². The first-order chi connectivity index (χ1) is 9.63. The third-order valence-corrected chi connectivity index (χ3v) is 3.51. The minimum Gasteiger partial charge on any atom is -0.263 e. The molecule has 0 aliphatic carbocycles. The second kappa shape index (κ2) is 6.72. The molecule has 5 nitrogen and oxygen atoms in total. The molecule has 0 saturated carbocycles. The zero-order chi connectivity index (χ0) is 14.5. The van der Waals surface area contributed by atoms with E-state index in [1.807, 2.05) is 0 Å². The highest BCUT2D eigenvalue weighted by atomic mass is 79.9. The molecule has 1 aromatic heterocycles. The van der Waals surface area contributed by atoms with Gasteiger partial charge in [-0.15, -0.1) is 0 Å². The van der Waals surface area contributed by atoms with E-state index in [0.717, 1.165) is 0 Å². The second-order valence-corrected chi connectivity index (χ2v) is 5.25. The number of azide groups is 1. The standard InChI is InChI=1S/C12H6BrCl2N5/c13-8-6-17-4-7(11(8)19-20-16)5-18-12-9(14)2-1-3-10(12)15/h1-6H/b18-5+. The van der Waals surface area contributed by atoms with Crippen LogP contribution in [0.15, 0.2) is 45.2 Å². The van der Waals surface area contributed by atoms with E-state index in [4.69, 9.17) is 28.7 Å². The summed E-state index contributed by atoms with van der Waals surface area (Å²) in [5.41, 5.74) is 9.97. The molecule has 0 aliphatic rings. The Bertz CT molecular complexity index is 706. The van der Waals surface area contributed by atoms with Crippen LogP contribution in [0.5, 0.6) is 0 Å². The lowest BCUT2D eigenvalue weighted by atomic mass is 10.2. The summed E-state index contributed by atoms with van der Waals surface area (Å²) in [7, 11) is 0. The Morgan fingerprint density at radius 1 is 1.20 bits per heavy atom. The highest BCUT2D eigenvalue weighted by molar-refractivity contribution is 9.10. The highest BCUT2D eigenvalue weighted by Crippen LogP contribution is 2.33. The first-order valence-electron chi connectivity index (χ1n) is 5.30. The molecule has 0 N–H and O–H groups in total. The average Bonchev–Trinajstić information content (AvgIpc) is 2.42. The van der Waals surface area contributed by atoms with Crippen LogP contribution in [-0.2, 0) is 0 Å². The predicted octanol–water partition coefficient (Wildman–Crippen LogP) is 5.84. The highest BCUT2D eigenvalue weighted by Gasteiger charge is 2.06. The Morgan fingerprint density at radius 3 is 2.55 bits per heavy atom. The third kappa shape index (κ3) is 3.29. The second-order valence-electron chi connectivity index (χ2n) is 3.58. The van der Waals surface area contributed by atoms with Crippen molar-refractivity contribution in [3.63, 3.8) is 0 Å². The molecule has 2 aromatic rings. The van der Waals surface area contributed by atoms with Gasteiger partial charge in [-0.3, -0.25) is 9.98 Å². The van der Waals surface area contributed by atoms with Crippen molar-refractivity contribution in [2.75, 3.05) is 0 Å². The smallest absolute Gasteiger partial charge is 0.100 e. The zero-order valence-electron chi connectivity index (χ0n) is 9.83. The van der Waals surface area contributed by atoms with Crippen LogP contribution in [0.1, 0.15) is 5.56 Å². The molecule has 20 heavy (non-hydrogen) atoms. The van der Waals surface area contributed by atoms with Crippen molar-refractivity contribution < 1.29 is 0 Å². The number of hydrogen-bond acceptors (Lipinski definition) is 3. The van der Waals surface area contributed by atoms with Gasteiger partial charge in [-0.05, 0) is 33.6 Å². The summed E-state index contributed by atoms with van der Waals surface area (Å²) < 4.78 is 0.574. The molecule has 0 atom stereocenters. The summed E-state index contributed by atoms with van der Waals surface area (Å²) in [6.45, 7) is 0. The molecule has 0 unspecified atom stereocenters. The Balaban J connectivity index is 2.47. The van der Waals surface area contributed by atoms with E-state index in [0.29, 0.717) is 31.5 Å². The number of benzene rings is 1. The Morgan fingerprint density at radius 2 is 1.90 bits per heavy atom. The number of para-hydroxylation sites is 1. The summed E-state index contributed by atoms with van der Waals surface area (Å²) in [6.07, 6.45) is 4.56. The third-order valence-electron chi connectivity index (χ3n) is 2.32. The molecule has 0 amide bonds. The van der Waals surface area contributed by atoms with E-state index >= 15 is 0 Å². The van der Waals surface area contributed by atoms with Gasteiger partial charge in [0.05, 0.1) is 15.7 Å². The number of halogens is 3. The number of hydrogen-bond donors (Lipinski definition) is 0. The number of pyridine rings is 1. The lowest BCUT2D eigenvalue weighted by Crippen LogP contribution is -1.86. The number of aliphatic imine (C=N–C) groups is 1. The van der Waals surface area contributed by atoms with Gasteiger partial charge in [0.2, 0.25) is 0 Å². The average molecular weight is 371 g/mol. The van der Waals surface area contributed by atoms with E-state index in [-0.39, 0.29) is 0 Å². The Kier molecular flexibility index (Phi) is 4.98. The van der Waals surface area contributed by atoms with Gasteiger partial charge in [0.1, 0.15) is 5.69 Å². The van der Waals surface area contributed by atoms with Crippen LogP contribution in [0.4, 0.5) is 11.4 Å². The van der Waals surface area contributed by atoms with Crippen LogP contribution in [-0.4, -0.2) is 11.2 Å². The number of nitrogens with zero attached hydrogens (tertiary/aromatic N) is 5. The van der Waals surface area contributed by atoms with Crippen LogP contribution in [0.2, 0.25) is 10.0 Å². The normalized spacial score (nSPS) is 10.6. The van der Waals surface area contributed by atoms with E-state index < -0.39 is 0 Å². The largest absolute Gasteiger partial charge is 0.263 e. The topological polar surface area (TPSA) is 74.0 Å². The molecule has 0 bridgehead atoms. The van der Waals surface area contributed by atoms with Crippen molar-refractivity contribution >= 4 is 56.7 Å². The van der Waals surface area contributed by atoms with Gasteiger partial charge in [0, 0.05) is 33.6 Å².